The molecular formula is C19H27ClN4O2. The van der Waals surface area contributed by atoms with Crippen LogP contribution in [0.3, 0.4) is 0 Å². The third kappa shape index (κ3) is 3.58. The van der Waals surface area contributed by atoms with Crippen molar-refractivity contribution in [3.05, 3.63) is 23.0 Å². The summed E-state index contributed by atoms with van der Waals surface area (Å²) in [6.07, 6.45) is 3.34. The van der Waals surface area contributed by atoms with E-state index in [9.17, 15) is 4.79 Å². The normalized spacial score (nSPS) is 23.1. The fourth-order valence-electron chi connectivity index (χ4n) is 3.58. The summed E-state index contributed by atoms with van der Waals surface area (Å²) in [6, 6.07) is 2.11. The fraction of sp³-hybridized carbons (Fsp3) is 0.632. The molecule has 2 unspecified atom stereocenters. The van der Waals surface area contributed by atoms with E-state index in [0.29, 0.717) is 23.1 Å². The minimum Gasteiger partial charge on any atom is -0.348 e. The molecule has 6 nitrogen and oxygen atoms in total. The van der Waals surface area contributed by atoms with Crippen molar-refractivity contribution in [2.45, 2.75) is 57.9 Å². The molecule has 2 fully saturated rings. The first kappa shape index (κ1) is 19.1. The number of hydrogen-bond acceptors (Lipinski definition) is 5. The lowest BCUT2D eigenvalue weighted by Gasteiger charge is -2.30. The summed E-state index contributed by atoms with van der Waals surface area (Å²) >= 11 is 0. The summed E-state index contributed by atoms with van der Waals surface area (Å²) in [4.78, 5) is 17.7. The van der Waals surface area contributed by atoms with E-state index in [4.69, 9.17) is 4.52 Å². The Hall–Kier alpha value is -1.66. The van der Waals surface area contributed by atoms with Gasteiger partial charge in [-0.2, -0.15) is 0 Å². The van der Waals surface area contributed by atoms with Crippen LogP contribution in [0.5, 0.6) is 0 Å². The minimum absolute atomic E-state index is 0. The molecule has 142 valence electrons. The Balaban J connectivity index is 0.00000196. The molecule has 2 aromatic heterocycles. The summed E-state index contributed by atoms with van der Waals surface area (Å²) in [5, 5.41) is 11.5. The lowest BCUT2D eigenvalue weighted by molar-refractivity contribution is 0.0916. The monoisotopic (exact) mass is 378 g/mol. The van der Waals surface area contributed by atoms with Crippen molar-refractivity contribution in [3.8, 4) is 0 Å². The smallest absolute Gasteiger partial charge is 0.259 e. The molecule has 2 atom stereocenters. The first-order valence-corrected chi connectivity index (χ1v) is 9.36. The predicted molar refractivity (Wildman–Crippen MR) is 103 cm³/mol. The van der Waals surface area contributed by atoms with Crippen LogP contribution in [0.1, 0.15) is 73.6 Å². The minimum atomic E-state index is -0.0417. The highest BCUT2D eigenvalue weighted by Crippen LogP contribution is 2.41. The summed E-state index contributed by atoms with van der Waals surface area (Å²) < 4.78 is 5.48. The Labute approximate surface area is 159 Å². The van der Waals surface area contributed by atoms with Gasteiger partial charge in [0.25, 0.3) is 11.6 Å². The molecular weight excluding hydrogens is 352 g/mol. The molecule has 2 N–H and O–H groups in total. The molecule has 1 amide bonds. The average molecular weight is 379 g/mol. The average Bonchev–Trinajstić information content (AvgIpc) is 3.35. The zero-order chi connectivity index (χ0) is 17.6. The summed E-state index contributed by atoms with van der Waals surface area (Å²) in [5.41, 5.74) is 2.92. The van der Waals surface area contributed by atoms with Gasteiger partial charge in [-0.15, -0.1) is 12.4 Å². The standard InChI is InChI=1S/C19H26N4O2.ClH/c1-10(2)17-16-13(18(24)21-15-9-20-7-6-11(15)3)8-14(12-4-5-12)22-19(16)25-23-17;/h8,10-12,15,20H,4-7,9H2,1-3H3,(H,21,24);1H. The van der Waals surface area contributed by atoms with Gasteiger partial charge < -0.3 is 15.2 Å². The Morgan fingerprint density at radius 2 is 2.12 bits per heavy atom. The number of hydrogen-bond donors (Lipinski definition) is 2. The van der Waals surface area contributed by atoms with Gasteiger partial charge in [0.05, 0.1) is 16.6 Å². The van der Waals surface area contributed by atoms with Gasteiger partial charge in [0.1, 0.15) is 0 Å². The van der Waals surface area contributed by atoms with Crippen LogP contribution in [0, 0.1) is 5.92 Å². The van der Waals surface area contributed by atoms with Crippen LogP contribution in [-0.2, 0) is 0 Å². The Morgan fingerprint density at radius 3 is 2.77 bits per heavy atom. The summed E-state index contributed by atoms with van der Waals surface area (Å²) in [6.45, 7) is 8.14. The third-order valence-corrected chi connectivity index (χ3v) is 5.42. The quantitative estimate of drug-likeness (QED) is 0.852. The van der Waals surface area contributed by atoms with Gasteiger partial charge in [-0.1, -0.05) is 25.9 Å². The summed E-state index contributed by atoms with van der Waals surface area (Å²) in [7, 11) is 0. The number of fused-ring (bicyclic) bond motifs is 1. The lowest BCUT2D eigenvalue weighted by atomic mass is 9.94. The number of rotatable bonds is 4. The highest BCUT2D eigenvalue weighted by molar-refractivity contribution is 6.06. The Morgan fingerprint density at radius 1 is 1.35 bits per heavy atom. The largest absolute Gasteiger partial charge is 0.348 e. The number of nitrogens with one attached hydrogen (secondary N) is 2. The second-order valence-corrected chi connectivity index (χ2v) is 7.82. The van der Waals surface area contributed by atoms with Gasteiger partial charge >= 0.3 is 0 Å². The topological polar surface area (TPSA) is 80.0 Å². The van der Waals surface area contributed by atoms with Crippen molar-refractivity contribution in [1.82, 2.24) is 20.8 Å². The first-order valence-electron chi connectivity index (χ1n) is 9.36. The number of piperidine rings is 1. The number of amides is 1. The molecule has 1 saturated heterocycles. The van der Waals surface area contributed by atoms with Crippen LogP contribution in [0.4, 0.5) is 0 Å². The molecule has 1 aliphatic heterocycles. The van der Waals surface area contributed by atoms with Gasteiger partial charge in [0.2, 0.25) is 0 Å². The van der Waals surface area contributed by atoms with E-state index in [-0.39, 0.29) is 30.3 Å². The van der Waals surface area contributed by atoms with Crippen molar-refractivity contribution in [2.24, 2.45) is 5.92 Å². The van der Waals surface area contributed by atoms with E-state index in [2.05, 4.69) is 41.5 Å². The van der Waals surface area contributed by atoms with Gasteiger partial charge in [-0.05, 0) is 43.7 Å². The number of pyridine rings is 1. The van der Waals surface area contributed by atoms with E-state index >= 15 is 0 Å². The molecule has 2 aliphatic rings. The zero-order valence-corrected chi connectivity index (χ0v) is 16.4. The maximum absolute atomic E-state index is 13.1. The van der Waals surface area contributed by atoms with E-state index in [0.717, 1.165) is 49.1 Å². The van der Waals surface area contributed by atoms with Gasteiger partial charge in [0.15, 0.2) is 0 Å². The Bertz CT molecular complexity index is 800. The number of aromatic nitrogens is 2. The first-order chi connectivity index (χ1) is 12.0. The highest BCUT2D eigenvalue weighted by Gasteiger charge is 2.31. The Kier molecular flexibility index (Phi) is 5.53. The lowest BCUT2D eigenvalue weighted by Crippen LogP contribution is -2.50. The van der Waals surface area contributed by atoms with Crippen molar-refractivity contribution < 1.29 is 9.32 Å². The van der Waals surface area contributed by atoms with E-state index in [1.54, 1.807) is 0 Å². The van der Waals surface area contributed by atoms with Gasteiger partial charge in [-0.25, -0.2) is 4.98 Å². The van der Waals surface area contributed by atoms with Crippen LogP contribution in [0.2, 0.25) is 0 Å². The maximum Gasteiger partial charge on any atom is 0.259 e. The molecule has 7 heteroatoms. The molecule has 0 radical (unpaired) electrons. The second-order valence-electron chi connectivity index (χ2n) is 7.82. The fourth-order valence-corrected chi connectivity index (χ4v) is 3.58. The van der Waals surface area contributed by atoms with Crippen molar-refractivity contribution in [3.63, 3.8) is 0 Å². The molecule has 4 rings (SSSR count). The predicted octanol–water partition coefficient (Wildman–Crippen LogP) is 3.37. The molecule has 0 aromatic carbocycles. The van der Waals surface area contributed by atoms with E-state index < -0.39 is 0 Å². The number of nitrogens with zero attached hydrogens (tertiary/aromatic N) is 2. The third-order valence-electron chi connectivity index (χ3n) is 5.42. The number of carbonyl (C=O) groups excluding carboxylic acids is 1. The zero-order valence-electron chi connectivity index (χ0n) is 15.5. The number of carbonyl (C=O) groups is 1. The van der Waals surface area contributed by atoms with Crippen molar-refractivity contribution >= 4 is 29.4 Å². The molecule has 0 spiro atoms. The van der Waals surface area contributed by atoms with Crippen LogP contribution in [0.25, 0.3) is 11.1 Å². The van der Waals surface area contributed by atoms with Gasteiger partial charge in [-0.3, -0.25) is 4.79 Å². The molecule has 0 bridgehead atoms. The molecule has 2 aromatic rings. The van der Waals surface area contributed by atoms with Crippen LogP contribution in [-0.4, -0.2) is 35.2 Å². The van der Waals surface area contributed by atoms with E-state index in [1.807, 2.05) is 6.07 Å². The van der Waals surface area contributed by atoms with Crippen molar-refractivity contribution in [2.75, 3.05) is 13.1 Å². The SMILES string of the molecule is CC(C)c1noc2nc(C3CC3)cc(C(=O)NC3CNCCC3C)c12.Cl. The maximum atomic E-state index is 13.1. The van der Waals surface area contributed by atoms with Crippen LogP contribution in [0.15, 0.2) is 10.6 Å². The number of halogens is 1. The highest BCUT2D eigenvalue weighted by atomic mass is 35.5. The van der Waals surface area contributed by atoms with Gasteiger partial charge in [0, 0.05) is 24.2 Å². The molecule has 26 heavy (non-hydrogen) atoms. The second kappa shape index (κ2) is 7.53. The van der Waals surface area contributed by atoms with Crippen molar-refractivity contribution in [1.29, 1.82) is 0 Å². The molecule has 1 saturated carbocycles. The molecule has 3 heterocycles. The molecule has 1 aliphatic carbocycles. The summed E-state index contributed by atoms with van der Waals surface area (Å²) in [5.74, 6) is 1.06. The van der Waals surface area contributed by atoms with E-state index in [1.165, 1.54) is 0 Å². The van der Waals surface area contributed by atoms with Crippen LogP contribution >= 0.6 is 12.4 Å². The van der Waals surface area contributed by atoms with Crippen LogP contribution < -0.4 is 10.6 Å².